The van der Waals surface area contributed by atoms with Gasteiger partial charge in [0.25, 0.3) is 0 Å². The maximum absolute atomic E-state index is 8.58. The molecule has 14 heavy (non-hydrogen) atoms. The largest absolute Gasteiger partial charge is 0.198 e. The fourth-order valence-electron chi connectivity index (χ4n) is 1.32. The summed E-state index contributed by atoms with van der Waals surface area (Å²) in [4.78, 5) is 1.93. The minimum Gasteiger partial charge on any atom is -0.198 e. The van der Waals surface area contributed by atoms with Crippen LogP contribution < -0.4 is 0 Å². The molecule has 0 spiro atoms. The van der Waals surface area contributed by atoms with Gasteiger partial charge in [0.2, 0.25) is 0 Å². The Morgan fingerprint density at radius 3 is 2.93 bits per heavy atom. The molecule has 4 heteroatoms. The quantitative estimate of drug-likeness (QED) is 0.750. The van der Waals surface area contributed by atoms with Gasteiger partial charge < -0.3 is 0 Å². The van der Waals surface area contributed by atoms with Crippen LogP contribution in [-0.2, 0) is 6.42 Å². The molecule has 2 rings (SSSR count). The van der Waals surface area contributed by atoms with E-state index in [1.807, 2.05) is 18.2 Å². The normalized spacial score (nSPS) is 10.4. The molecule has 0 saturated heterocycles. The van der Waals surface area contributed by atoms with Crippen molar-refractivity contribution in [2.75, 3.05) is 0 Å². The minimum absolute atomic E-state index is 0.449. The number of thiophene rings is 1. The zero-order valence-electron chi connectivity index (χ0n) is 7.12. The molecule has 0 aliphatic heterocycles. The van der Waals surface area contributed by atoms with Crippen molar-refractivity contribution in [3.63, 3.8) is 0 Å². The summed E-state index contributed by atoms with van der Waals surface area (Å²) in [6, 6.07) is 7.84. The van der Waals surface area contributed by atoms with Gasteiger partial charge in [-0.15, -0.1) is 24.0 Å². The molecule has 2 aromatic rings. The van der Waals surface area contributed by atoms with Crippen LogP contribution >= 0.6 is 35.6 Å². The van der Waals surface area contributed by atoms with E-state index in [9.17, 15) is 0 Å². The number of hydrogen-bond acceptors (Lipinski definition) is 3. The Morgan fingerprint density at radius 1 is 1.43 bits per heavy atom. The van der Waals surface area contributed by atoms with E-state index in [2.05, 4.69) is 18.7 Å². The highest BCUT2D eigenvalue weighted by molar-refractivity contribution is 7.80. The molecule has 0 aliphatic rings. The summed E-state index contributed by atoms with van der Waals surface area (Å²) in [7, 11) is 0. The predicted octanol–water partition coefficient (Wildman–Crippen LogP) is 3.91. The Kier molecular flexibility index (Phi) is 2.69. The van der Waals surface area contributed by atoms with E-state index in [-0.39, 0.29) is 0 Å². The number of hydrogen-bond donors (Lipinski definition) is 1. The van der Waals surface area contributed by atoms with Crippen LogP contribution in [0.4, 0.5) is 0 Å². The molecule has 1 heterocycles. The van der Waals surface area contributed by atoms with Crippen molar-refractivity contribution in [3.8, 4) is 6.07 Å². The zero-order chi connectivity index (χ0) is 10.1. The highest BCUT2D eigenvalue weighted by atomic mass is 35.5. The SMILES string of the molecule is N#CCc1cc2cc(Cl)cc(S)c2s1. The minimum atomic E-state index is 0.449. The van der Waals surface area contributed by atoms with E-state index in [4.69, 9.17) is 16.9 Å². The van der Waals surface area contributed by atoms with E-state index in [0.29, 0.717) is 11.4 Å². The third-order valence-electron chi connectivity index (χ3n) is 1.87. The molecule has 0 amide bonds. The Morgan fingerprint density at radius 2 is 2.21 bits per heavy atom. The molecule has 1 aromatic carbocycles. The lowest BCUT2D eigenvalue weighted by Gasteiger charge is -1.94. The lowest BCUT2D eigenvalue weighted by atomic mass is 10.2. The van der Waals surface area contributed by atoms with Crippen LogP contribution in [0.15, 0.2) is 23.1 Å². The first kappa shape index (κ1) is 9.85. The van der Waals surface area contributed by atoms with Crippen molar-refractivity contribution in [1.82, 2.24) is 0 Å². The van der Waals surface area contributed by atoms with Crippen molar-refractivity contribution in [3.05, 3.63) is 28.1 Å². The molecule has 0 atom stereocenters. The van der Waals surface area contributed by atoms with Crippen LogP contribution in [0, 0.1) is 11.3 Å². The maximum atomic E-state index is 8.58. The lowest BCUT2D eigenvalue weighted by molar-refractivity contribution is 1.32. The van der Waals surface area contributed by atoms with Crippen molar-refractivity contribution < 1.29 is 0 Å². The van der Waals surface area contributed by atoms with Crippen molar-refractivity contribution in [1.29, 1.82) is 5.26 Å². The van der Waals surface area contributed by atoms with E-state index >= 15 is 0 Å². The second kappa shape index (κ2) is 3.82. The number of benzene rings is 1. The van der Waals surface area contributed by atoms with E-state index in [0.717, 1.165) is 19.9 Å². The predicted molar refractivity (Wildman–Crippen MR) is 63.4 cm³/mol. The van der Waals surface area contributed by atoms with Crippen LogP contribution in [0.1, 0.15) is 4.88 Å². The topological polar surface area (TPSA) is 23.8 Å². The number of thiol groups is 1. The standard InChI is InChI=1S/C10H6ClNS2/c11-7-3-6-4-8(1-2-12)14-10(6)9(13)5-7/h3-5,13H,1H2. The van der Waals surface area contributed by atoms with Gasteiger partial charge in [-0.2, -0.15) is 5.26 Å². The fraction of sp³-hybridized carbons (Fsp3) is 0.100. The summed E-state index contributed by atoms with van der Waals surface area (Å²) in [6.07, 6.45) is 0.449. The second-order valence-corrected chi connectivity index (χ2v) is 4.95. The average Bonchev–Trinajstić information content (AvgIpc) is 2.48. The lowest BCUT2D eigenvalue weighted by Crippen LogP contribution is -1.69. The molecule has 0 fully saturated rings. The van der Waals surface area contributed by atoms with Gasteiger partial charge in [-0.05, 0) is 23.6 Å². The van der Waals surface area contributed by atoms with Crippen LogP contribution in [0.2, 0.25) is 5.02 Å². The summed E-state index contributed by atoms with van der Waals surface area (Å²) < 4.78 is 1.10. The Labute approximate surface area is 96.3 Å². The molecule has 0 N–H and O–H groups in total. The van der Waals surface area contributed by atoms with E-state index in [1.165, 1.54) is 0 Å². The average molecular weight is 240 g/mol. The van der Waals surface area contributed by atoms with Crippen molar-refractivity contribution in [2.24, 2.45) is 0 Å². The molecule has 0 unspecified atom stereocenters. The van der Waals surface area contributed by atoms with Crippen LogP contribution in [0.25, 0.3) is 10.1 Å². The monoisotopic (exact) mass is 239 g/mol. The molecule has 0 bridgehead atoms. The molecule has 1 aromatic heterocycles. The van der Waals surface area contributed by atoms with E-state index in [1.54, 1.807) is 11.3 Å². The van der Waals surface area contributed by atoms with Crippen LogP contribution in [-0.4, -0.2) is 0 Å². The van der Waals surface area contributed by atoms with Crippen molar-refractivity contribution >= 4 is 45.7 Å². The van der Waals surface area contributed by atoms with Gasteiger partial charge >= 0.3 is 0 Å². The fourth-order valence-corrected chi connectivity index (χ4v) is 3.01. The molecule has 0 aliphatic carbocycles. The zero-order valence-corrected chi connectivity index (χ0v) is 9.59. The molecule has 1 nitrogen and oxygen atoms in total. The van der Waals surface area contributed by atoms with Gasteiger partial charge in [0.1, 0.15) is 0 Å². The number of halogens is 1. The number of nitriles is 1. The smallest absolute Gasteiger partial charge is 0.0696 e. The Bertz CT molecular complexity index is 525. The first-order valence-corrected chi connectivity index (χ1v) is 5.63. The maximum Gasteiger partial charge on any atom is 0.0696 e. The molecular formula is C10H6ClNS2. The molecule has 70 valence electrons. The summed E-state index contributed by atoms with van der Waals surface area (Å²) in [6.45, 7) is 0. The van der Waals surface area contributed by atoms with Crippen LogP contribution in [0.3, 0.4) is 0 Å². The third-order valence-corrected chi connectivity index (χ3v) is 3.77. The summed E-state index contributed by atoms with van der Waals surface area (Å²) in [5, 5.41) is 10.3. The molecule has 0 saturated carbocycles. The van der Waals surface area contributed by atoms with Gasteiger partial charge in [0.05, 0.1) is 12.5 Å². The third kappa shape index (κ3) is 1.74. The van der Waals surface area contributed by atoms with Gasteiger partial charge in [-0.25, -0.2) is 0 Å². The number of fused-ring (bicyclic) bond motifs is 1. The Balaban J connectivity index is 2.66. The summed E-state index contributed by atoms with van der Waals surface area (Å²) in [5.74, 6) is 0. The molecular weight excluding hydrogens is 234 g/mol. The highest BCUT2D eigenvalue weighted by Crippen LogP contribution is 2.33. The van der Waals surface area contributed by atoms with Gasteiger partial charge in [0, 0.05) is 19.5 Å². The van der Waals surface area contributed by atoms with E-state index < -0.39 is 0 Å². The highest BCUT2D eigenvalue weighted by Gasteiger charge is 2.05. The van der Waals surface area contributed by atoms with Gasteiger partial charge in [-0.3, -0.25) is 0 Å². The number of nitrogens with zero attached hydrogens (tertiary/aromatic N) is 1. The van der Waals surface area contributed by atoms with Crippen LogP contribution in [0.5, 0.6) is 0 Å². The molecule has 0 radical (unpaired) electrons. The second-order valence-electron chi connectivity index (χ2n) is 2.89. The first-order valence-electron chi connectivity index (χ1n) is 3.98. The van der Waals surface area contributed by atoms with Gasteiger partial charge in [-0.1, -0.05) is 11.6 Å². The number of rotatable bonds is 1. The van der Waals surface area contributed by atoms with Gasteiger partial charge in [0.15, 0.2) is 0 Å². The summed E-state index contributed by atoms with van der Waals surface area (Å²) >= 11 is 11.8. The summed E-state index contributed by atoms with van der Waals surface area (Å²) in [5.41, 5.74) is 0. The Hall–Kier alpha value is -0.690. The first-order chi connectivity index (χ1) is 6.70. The van der Waals surface area contributed by atoms with Crippen molar-refractivity contribution in [2.45, 2.75) is 11.3 Å².